The van der Waals surface area contributed by atoms with Crippen molar-refractivity contribution in [1.82, 2.24) is 25.3 Å². The lowest BCUT2D eigenvalue weighted by Gasteiger charge is -2.44. The molecule has 0 aromatic heterocycles. The molecule has 0 spiro atoms. The molecule has 46 heavy (non-hydrogen) atoms. The molecule has 0 radical (unpaired) electrons. The van der Waals surface area contributed by atoms with Crippen molar-refractivity contribution >= 4 is 23.7 Å². The lowest BCUT2D eigenvalue weighted by molar-refractivity contribution is -0.153. The molecule has 3 amide bonds. The zero-order chi connectivity index (χ0) is 34.4. The molecule has 2 aliphatic rings. The molecule has 0 aliphatic carbocycles. The smallest absolute Gasteiger partial charge is 0.328 e. The maximum absolute atomic E-state index is 14.4. The Morgan fingerprint density at radius 1 is 0.935 bits per heavy atom. The molecule has 10 nitrogen and oxygen atoms in total. The first-order valence-electron chi connectivity index (χ1n) is 17.0. The van der Waals surface area contributed by atoms with E-state index in [2.05, 4.69) is 29.4 Å². The quantitative estimate of drug-likeness (QED) is 0.336. The molecule has 2 fully saturated rings. The van der Waals surface area contributed by atoms with Crippen LogP contribution in [0.1, 0.15) is 86.1 Å². The number of nitrogens with one attached hydrogen (secondary N) is 2. The van der Waals surface area contributed by atoms with Gasteiger partial charge in [-0.05, 0) is 56.2 Å². The monoisotopic (exact) mass is 641 g/mol. The SMILES string of the molecule is CN[C@H](C(=O)N[C@H](C(=O)N(C)[C@H](CN1CCCC[C@H]1C(=O)N1CCC[C@H]1C(=O)OC)C(C)C)C(C)(C)C)C(C)(C)c1ccccc1. The van der Waals surface area contributed by atoms with Gasteiger partial charge in [0, 0.05) is 31.6 Å². The molecular formula is C36H59N5O5. The van der Waals surface area contributed by atoms with Gasteiger partial charge >= 0.3 is 5.97 Å². The molecule has 10 heteroatoms. The van der Waals surface area contributed by atoms with Crippen LogP contribution in [0.15, 0.2) is 30.3 Å². The lowest BCUT2D eigenvalue weighted by atomic mass is 9.76. The summed E-state index contributed by atoms with van der Waals surface area (Å²) >= 11 is 0. The average molecular weight is 642 g/mol. The normalized spacial score (nSPS) is 21.4. The van der Waals surface area contributed by atoms with Gasteiger partial charge in [-0.1, -0.05) is 85.2 Å². The largest absolute Gasteiger partial charge is 0.467 e. The maximum Gasteiger partial charge on any atom is 0.328 e. The first-order valence-corrected chi connectivity index (χ1v) is 17.0. The highest BCUT2D eigenvalue weighted by atomic mass is 16.5. The Hall–Kier alpha value is -2.98. The van der Waals surface area contributed by atoms with Crippen molar-refractivity contribution in [2.24, 2.45) is 11.3 Å². The summed E-state index contributed by atoms with van der Waals surface area (Å²) in [4.78, 5) is 60.3. The second-order valence-electron chi connectivity index (χ2n) is 15.1. The fourth-order valence-corrected chi connectivity index (χ4v) is 7.21. The number of ether oxygens (including phenoxy) is 1. The fraction of sp³-hybridized carbons (Fsp3) is 0.722. The number of carbonyl (C=O) groups excluding carboxylic acids is 4. The number of likely N-dealkylation sites (tertiary alicyclic amines) is 2. The number of nitrogens with zero attached hydrogens (tertiary/aromatic N) is 3. The molecule has 0 saturated carbocycles. The topological polar surface area (TPSA) is 111 Å². The van der Waals surface area contributed by atoms with Crippen LogP contribution in [0.25, 0.3) is 0 Å². The molecule has 1 aromatic rings. The number of esters is 1. The van der Waals surface area contributed by atoms with E-state index in [-0.39, 0.29) is 41.7 Å². The number of benzene rings is 1. The number of carbonyl (C=O) groups is 4. The first kappa shape index (κ1) is 37.5. The van der Waals surface area contributed by atoms with Crippen molar-refractivity contribution in [3.05, 3.63) is 35.9 Å². The van der Waals surface area contributed by atoms with E-state index in [1.54, 1.807) is 16.8 Å². The molecule has 5 atom stereocenters. The van der Waals surface area contributed by atoms with E-state index in [4.69, 9.17) is 4.74 Å². The number of piperidine rings is 1. The van der Waals surface area contributed by atoms with Crippen molar-refractivity contribution in [1.29, 1.82) is 0 Å². The predicted molar refractivity (Wildman–Crippen MR) is 181 cm³/mol. The summed E-state index contributed by atoms with van der Waals surface area (Å²) in [6.07, 6.45) is 4.02. The minimum atomic E-state index is -0.766. The summed E-state index contributed by atoms with van der Waals surface area (Å²) in [7, 11) is 4.96. The zero-order valence-electron chi connectivity index (χ0n) is 29.9. The Labute approximate surface area is 277 Å². The van der Waals surface area contributed by atoms with E-state index in [0.29, 0.717) is 19.5 Å². The Bertz CT molecular complexity index is 1200. The van der Waals surface area contributed by atoms with E-state index < -0.39 is 29.0 Å². The number of amides is 3. The van der Waals surface area contributed by atoms with E-state index in [0.717, 1.165) is 37.8 Å². The zero-order valence-corrected chi connectivity index (χ0v) is 29.9. The number of hydrogen-bond donors (Lipinski definition) is 2. The molecule has 2 heterocycles. The van der Waals surface area contributed by atoms with Gasteiger partial charge < -0.3 is 25.2 Å². The van der Waals surface area contributed by atoms with Gasteiger partial charge in [0.15, 0.2) is 0 Å². The third-order valence-corrected chi connectivity index (χ3v) is 10.1. The van der Waals surface area contributed by atoms with Crippen LogP contribution in [0.5, 0.6) is 0 Å². The number of likely N-dealkylation sites (N-methyl/N-ethyl adjacent to an activating group) is 2. The van der Waals surface area contributed by atoms with E-state index in [1.807, 2.05) is 72.0 Å². The van der Waals surface area contributed by atoms with Crippen molar-refractivity contribution in [3.63, 3.8) is 0 Å². The van der Waals surface area contributed by atoms with Gasteiger partial charge in [0.2, 0.25) is 17.7 Å². The standard InChI is InChI=1S/C36H59N5O5/c1-24(2)28(23-40-21-15-14-19-26(40)32(43)41-22-16-20-27(41)34(45)46-10)39(9)33(44)30(35(3,4)5)38-31(42)29(37-8)36(6,7)25-17-12-11-13-18-25/h11-13,17-18,24,26-30,37H,14-16,19-23H2,1-10H3,(H,38,42)/t26-,27-,28+,29+,30+/m0/s1. The van der Waals surface area contributed by atoms with Crippen molar-refractivity contribution in [2.75, 3.05) is 40.8 Å². The molecular weight excluding hydrogens is 582 g/mol. The summed E-state index contributed by atoms with van der Waals surface area (Å²) in [6, 6.07) is 7.51. The molecule has 0 unspecified atom stereocenters. The highest BCUT2D eigenvalue weighted by molar-refractivity contribution is 5.91. The van der Waals surface area contributed by atoms with Gasteiger partial charge in [-0.15, -0.1) is 0 Å². The molecule has 258 valence electrons. The third kappa shape index (κ3) is 8.48. The van der Waals surface area contributed by atoms with Crippen LogP contribution in [0.2, 0.25) is 0 Å². The summed E-state index contributed by atoms with van der Waals surface area (Å²) in [5.41, 5.74) is -0.0618. The van der Waals surface area contributed by atoms with Crippen molar-refractivity contribution in [3.8, 4) is 0 Å². The first-order chi connectivity index (χ1) is 21.6. The summed E-state index contributed by atoms with van der Waals surface area (Å²) in [5, 5.41) is 6.34. The second-order valence-corrected chi connectivity index (χ2v) is 15.1. The van der Waals surface area contributed by atoms with Crippen LogP contribution in [0.3, 0.4) is 0 Å². The van der Waals surface area contributed by atoms with Gasteiger partial charge in [0.1, 0.15) is 12.1 Å². The third-order valence-electron chi connectivity index (χ3n) is 10.1. The number of hydrogen-bond acceptors (Lipinski definition) is 7. The van der Waals surface area contributed by atoms with Crippen LogP contribution >= 0.6 is 0 Å². The van der Waals surface area contributed by atoms with Gasteiger partial charge in [-0.2, -0.15) is 0 Å². The number of methoxy groups -OCH3 is 1. The Morgan fingerprint density at radius 2 is 1.57 bits per heavy atom. The highest BCUT2D eigenvalue weighted by Crippen LogP contribution is 2.30. The van der Waals surface area contributed by atoms with Crippen LogP contribution in [-0.4, -0.2) is 109 Å². The Kier molecular flexibility index (Phi) is 12.8. The van der Waals surface area contributed by atoms with E-state index >= 15 is 0 Å². The fourth-order valence-electron chi connectivity index (χ4n) is 7.21. The minimum absolute atomic E-state index is 0.0249. The van der Waals surface area contributed by atoms with Gasteiger partial charge in [0.05, 0.1) is 19.2 Å². The molecule has 2 aliphatic heterocycles. The van der Waals surface area contributed by atoms with Crippen LogP contribution in [-0.2, 0) is 29.3 Å². The summed E-state index contributed by atoms with van der Waals surface area (Å²) < 4.78 is 5.00. The minimum Gasteiger partial charge on any atom is -0.467 e. The van der Waals surface area contributed by atoms with Crippen LogP contribution in [0.4, 0.5) is 0 Å². The van der Waals surface area contributed by atoms with Crippen LogP contribution < -0.4 is 10.6 Å². The Morgan fingerprint density at radius 3 is 2.13 bits per heavy atom. The maximum atomic E-state index is 14.4. The highest BCUT2D eigenvalue weighted by Gasteiger charge is 2.44. The lowest BCUT2D eigenvalue weighted by Crippen LogP contribution is -2.63. The molecule has 2 saturated heterocycles. The molecule has 3 rings (SSSR count). The van der Waals surface area contributed by atoms with E-state index in [9.17, 15) is 19.2 Å². The van der Waals surface area contributed by atoms with Crippen molar-refractivity contribution in [2.45, 2.75) is 116 Å². The van der Waals surface area contributed by atoms with Gasteiger partial charge in [-0.3, -0.25) is 19.3 Å². The Balaban J connectivity index is 1.82. The van der Waals surface area contributed by atoms with Crippen LogP contribution in [0, 0.1) is 11.3 Å². The van der Waals surface area contributed by atoms with Gasteiger partial charge in [-0.25, -0.2) is 4.79 Å². The van der Waals surface area contributed by atoms with Gasteiger partial charge in [0.25, 0.3) is 0 Å². The predicted octanol–water partition coefficient (Wildman–Crippen LogP) is 3.58. The summed E-state index contributed by atoms with van der Waals surface area (Å²) in [5.74, 6) is -0.673. The molecule has 1 aromatic carbocycles. The summed E-state index contributed by atoms with van der Waals surface area (Å²) in [6.45, 7) is 16.0. The number of rotatable bonds is 12. The van der Waals surface area contributed by atoms with E-state index in [1.165, 1.54) is 7.11 Å². The average Bonchev–Trinajstić information content (AvgIpc) is 3.51. The van der Waals surface area contributed by atoms with Crippen molar-refractivity contribution < 1.29 is 23.9 Å². The second kappa shape index (κ2) is 15.7. The molecule has 2 N–H and O–H groups in total. The molecule has 0 bridgehead atoms.